The summed E-state index contributed by atoms with van der Waals surface area (Å²) in [4.78, 5) is 0.0925. The van der Waals surface area contributed by atoms with Gasteiger partial charge in [0, 0.05) is 0 Å². The van der Waals surface area contributed by atoms with Gasteiger partial charge in [-0.05, 0) is 23.9 Å². The van der Waals surface area contributed by atoms with E-state index in [0.717, 1.165) is 0 Å². The molecule has 0 N–H and O–H groups in total. The van der Waals surface area contributed by atoms with Gasteiger partial charge in [0.25, 0.3) is 0 Å². The van der Waals surface area contributed by atoms with Crippen LogP contribution in [0.1, 0.15) is 6.92 Å². The zero-order chi connectivity index (χ0) is 10.1. The van der Waals surface area contributed by atoms with E-state index in [1.807, 2.05) is 0 Å². The molecule has 0 aliphatic carbocycles. The summed E-state index contributed by atoms with van der Waals surface area (Å²) in [5, 5.41) is 1.72. The van der Waals surface area contributed by atoms with E-state index in [1.54, 1.807) is 24.4 Å². The van der Waals surface area contributed by atoms with E-state index in [-0.39, 0.29) is 4.91 Å². The number of allylic oxidation sites excluding steroid dienone is 1. The Labute approximate surface area is 82.1 Å². The Balaban J connectivity index is 3.19. The van der Waals surface area contributed by atoms with Gasteiger partial charge in [0.05, 0.1) is 4.91 Å². The molecule has 70 valence electrons. The van der Waals surface area contributed by atoms with Gasteiger partial charge < -0.3 is 0 Å². The van der Waals surface area contributed by atoms with E-state index >= 15 is 0 Å². The monoisotopic (exact) mass is 214 g/mol. The van der Waals surface area contributed by atoms with E-state index in [4.69, 9.17) is 0 Å². The number of hydrogen-bond acceptors (Lipinski definition) is 3. The Bertz CT molecular complexity index is 424. The standard InChI is InChI=1S/C9H10O2S2/c1-7(2)8(3)13(10,11)9-5-4-6-12-9/h4-6H,1,3H2,2H3. The van der Waals surface area contributed by atoms with Crippen LogP contribution in [0.5, 0.6) is 0 Å². The van der Waals surface area contributed by atoms with Crippen molar-refractivity contribution in [3.8, 4) is 0 Å². The highest BCUT2D eigenvalue weighted by Gasteiger charge is 2.19. The van der Waals surface area contributed by atoms with E-state index in [2.05, 4.69) is 13.2 Å². The third-order valence-electron chi connectivity index (χ3n) is 1.56. The normalized spacial score (nSPS) is 11.2. The lowest BCUT2D eigenvalue weighted by Crippen LogP contribution is -2.02. The molecule has 0 unspecified atom stereocenters. The SMILES string of the molecule is C=C(C)C(=C)S(=O)(=O)c1cccs1. The second-order valence-corrected chi connectivity index (χ2v) is 5.78. The van der Waals surface area contributed by atoms with Crippen molar-refractivity contribution in [3.05, 3.63) is 41.1 Å². The van der Waals surface area contributed by atoms with Crippen LogP contribution >= 0.6 is 11.3 Å². The first-order valence-corrected chi connectivity index (χ1v) is 5.96. The summed E-state index contributed by atoms with van der Waals surface area (Å²) in [6.07, 6.45) is 0. The lowest BCUT2D eigenvalue weighted by Gasteiger charge is -2.03. The first kappa shape index (κ1) is 10.2. The molecule has 1 aromatic rings. The Hall–Kier alpha value is -0.870. The van der Waals surface area contributed by atoms with Gasteiger partial charge in [0.2, 0.25) is 9.84 Å². The molecule has 0 aliphatic rings. The van der Waals surface area contributed by atoms with Crippen LogP contribution in [0, 0.1) is 0 Å². The fraction of sp³-hybridized carbons (Fsp3) is 0.111. The number of rotatable bonds is 3. The molecule has 13 heavy (non-hydrogen) atoms. The minimum atomic E-state index is -3.37. The largest absolute Gasteiger partial charge is 0.218 e. The molecule has 1 aromatic heterocycles. The van der Waals surface area contributed by atoms with Crippen LogP contribution in [0.25, 0.3) is 0 Å². The first-order chi connectivity index (χ1) is 5.96. The molecule has 0 bridgehead atoms. The van der Waals surface area contributed by atoms with Gasteiger partial charge in [0.15, 0.2) is 0 Å². The van der Waals surface area contributed by atoms with E-state index in [9.17, 15) is 8.42 Å². The van der Waals surface area contributed by atoms with Crippen molar-refractivity contribution < 1.29 is 8.42 Å². The lowest BCUT2D eigenvalue weighted by molar-refractivity contribution is 0.604. The Morgan fingerprint density at radius 2 is 2.08 bits per heavy atom. The molecule has 0 fully saturated rings. The highest BCUT2D eigenvalue weighted by Crippen LogP contribution is 2.25. The van der Waals surface area contributed by atoms with Gasteiger partial charge in [-0.15, -0.1) is 11.3 Å². The lowest BCUT2D eigenvalue weighted by atomic mass is 10.3. The topological polar surface area (TPSA) is 34.1 Å². The van der Waals surface area contributed by atoms with E-state index in [0.29, 0.717) is 9.78 Å². The zero-order valence-electron chi connectivity index (χ0n) is 7.28. The summed E-state index contributed by atoms with van der Waals surface area (Å²) in [7, 11) is -3.37. The van der Waals surface area contributed by atoms with Crippen molar-refractivity contribution in [1.82, 2.24) is 0 Å². The molecule has 0 radical (unpaired) electrons. The molecular formula is C9H10O2S2. The maximum atomic E-state index is 11.7. The van der Waals surface area contributed by atoms with Crippen molar-refractivity contribution in [1.29, 1.82) is 0 Å². The molecule has 0 spiro atoms. The average Bonchev–Trinajstić information content (AvgIpc) is 2.54. The molecule has 4 heteroatoms. The van der Waals surface area contributed by atoms with Gasteiger partial charge in [-0.1, -0.05) is 19.2 Å². The minimum Gasteiger partial charge on any atom is -0.218 e. The van der Waals surface area contributed by atoms with Crippen molar-refractivity contribution in [2.24, 2.45) is 0 Å². The fourth-order valence-corrected chi connectivity index (χ4v) is 3.15. The maximum absolute atomic E-state index is 11.7. The van der Waals surface area contributed by atoms with Crippen molar-refractivity contribution in [2.75, 3.05) is 0 Å². The fourth-order valence-electron chi connectivity index (χ4n) is 0.767. The molecule has 1 heterocycles. The van der Waals surface area contributed by atoms with Crippen LogP contribution in [0.3, 0.4) is 0 Å². The molecule has 0 amide bonds. The van der Waals surface area contributed by atoms with Crippen LogP contribution in [-0.4, -0.2) is 8.42 Å². The third-order valence-corrected chi connectivity index (χ3v) is 4.83. The van der Waals surface area contributed by atoms with Gasteiger partial charge >= 0.3 is 0 Å². The number of thiophene rings is 1. The average molecular weight is 214 g/mol. The molecular weight excluding hydrogens is 204 g/mol. The van der Waals surface area contributed by atoms with E-state index in [1.165, 1.54) is 11.3 Å². The minimum absolute atomic E-state index is 0.0925. The first-order valence-electron chi connectivity index (χ1n) is 3.59. The van der Waals surface area contributed by atoms with E-state index < -0.39 is 9.84 Å². The predicted molar refractivity (Wildman–Crippen MR) is 55.5 cm³/mol. The number of hydrogen-bond donors (Lipinski definition) is 0. The van der Waals surface area contributed by atoms with Gasteiger partial charge in [-0.25, -0.2) is 8.42 Å². The smallest absolute Gasteiger partial charge is 0.215 e. The highest BCUT2D eigenvalue weighted by molar-refractivity contribution is 7.97. The predicted octanol–water partition coefficient (Wildman–Crippen LogP) is 2.61. The maximum Gasteiger partial charge on any atom is 0.215 e. The molecule has 1 rings (SSSR count). The third kappa shape index (κ3) is 1.89. The quantitative estimate of drug-likeness (QED) is 0.725. The van der Waals surface area contributed by atoms with Crippen LogP contribution in [0.4, 0.5) is 0 Å². The second kappa shape index (κ2) is 3.47. The molecule has 0 saturated heterocycles. The van der Waals surface area contributed by atoms with Crippen LogP contribution in [-0.2, 0) is 9.84 Å². The van der Waals surface area contributed by atoms with Crippen molar-refractivity contribution in [2.45, 2.75) is 11.1 Å². The van der Waals surface area contributed by atoms with Crippen LogP contribution < -0.4 is 0 Å². The molecule has 0 atom stereocenters. The second-order valence-electron chi connectivity index (χ2n) is 2.64. The van der Waals surface area contributed by atoms with Gasteiger partial charge in [-0.2, -0.15) is 0 Å². The van der Waals surface area contributed by atoms with Crippen LogP contribution in [0.15, 0.2) is 45.4 Å². The molecule has 0 aliphatic heterocycles. The Kier molecular flexibility index (Phi) is 2.73. The van der Waals surface area contributed by atoms with Crippen LogP contribution in [0.2, 0.25) is 0 Å². The van der Waals surface area contributed by atoms with Gasteiger partial charge in [0.1, 0.15) is 4.21 Å². The zero-order valence-corrected chi connectivity index (χ0v) is 8.91. The molecule has 0 saturated carbocycles. The van der Waals surface area contributed by atoms with Gasteiger partial charge in [-0.3, -0.25) is 0 Å². The Morgan fingerprint density at radius 1 is 1.46 bits per heavy atom. The van der Waals surface area contributed by atoms with Crippen molar-refractivity contribution >= 4 is 21.2 Å². The summed E-state index contributed by atoms with van der Waals surface area (Å²) in [5.41, 5.74) is 0.480. The summed E-state index contributed by atoms with van der Waals surface area (Å²) in [5.74, 6) is 0. The number of sulfone groups is 1. The summed E-state index contributed by atoms with van der Waals surface area (Å²) in [6.45, 7) is 8.69. The molecule has 0 aromatic carbocycles. The summed E-state index contributed by atoms with van der Waals surface area (Å²) >= 11 is 1.19. The summed E-state index contributed by atoms with van der Waals surface area (Å²) in [6, 6.07) is 3.26. The van der Waals surface area contributed by atoms with Crippen molar-refractivity contribution in [3.63, 3.8) is 0 Å². The Morgan fingerprint density at radius 3 is 2.46 bits per heavy atom. The highest BCUT2D eigenvalue weighted by atomic mass is 32.2. The summed E-state index contributed by atoms with van der Waals surface area (Å²) < 4.78 is 23.7. The molecule has 2 nitrogen and oxygen atoms in total.